The zero-order chi connectivity index (χ0) is 13.3. The molecule has 0 saturated carbocycles. The summed E-state index contributed by atoms with van der Waals surface area (Å²) in [7, 11) is 0. The van der Waals surface area contributed by atoms with E-state index < -0.39 is 17.5 Å². The predicted octanol–water partition coefficient (Wildman–Crippen LogP) is 2.96. The monoisotopic (exact) mass is 282 g/mol. The van der Waals surface area contributed by atoms with Crippen molar-refractivity contribution in [2.24, 2.45) is 5.92 Å². The topological polar surface area (TPSA) is 51.2 Å². The van der Waals surface area contributed by atoms with E-state index in [9.17, 15) is 14.4 Å². The van der Waals surface area contributed by atoms with E-state index >= 15 is 0 Å². The molecule has 0 radical (unpaired) electrons. The second-order valence-electron chi connectivity index (χ2n) is 3.89. The van der Waals surface area contributed by atoms with Crippen LogP contribution in [0.15, 0.2) is 34.8 Å². The number of hydrogen-bond donors (Lipinski definition) is 0. The number of allylic oxidation sites excluding steroid dienone is 1. The van der Waals surface area contributed by atoms with Crippen LogP contribution >= 0.6 is 23.2 Å². The molecule has 1 aliphatic rings. The van der Waals surface area contributed by atoms with E-state index in [4.69, 9.17) is 23.2 Å². The molecule has 1 aromatic rings. The van der Waals surface area contributed by atoms with E-state index in [1.165, 1.54) is 12.1 Å². The Morgan fingerprint density at radius 3 is 2.28 bits per heavy atom. The van der Waals surface area contributed by atoms with Gasteiger partial charge in [-0.25, -0.2) is 0 Å². The highest BCUT2D eigenvalue weighted by Gasteiger charge is 2.39. The van der Waals surface area contributed by atoms with Crippen LogP contribution in [0.2, 0.25) is 0 Å². The van der Waals surface area contributed by atoms with Crippen molar-refractivity contribution in [2.45, 2.75) is 6.42 Å². The molecule has 5 heteroatoms. The van der Waals surface area contributed by atoms with Crippen LogP contribution in [0.25, 0.3) is 0 Å². The van der Waals surface area contributed by atoms with E-state index in [-0.39, 0.29) is 27.8 Å². The molecule has 0 fully saturated rings. The SMILES string of the molecule is O=C1C(=O)C(CC=C(Cl)Cl)C(=O)c2ccccc21. The maximum atomic E-state index is 12.1. The number of carbonyl (C=O) groups excluding carboxylic acids is 3. The van der Waals surface area contributed by atoms with Gasteiger partial charge in [0, 0.05) is 11.1 Å². The van der Waals surface area contributed by atoms with E-state index in [0.717, 1.165) is 0 Å². The number of carbonyl (C=O) groups is 3. The second-order valence-corrected chi connectivity index (χ2v) is 4.89. The molecule has 2 rings (SSSR count). The molecule has 1 aromatic carbocycles. The number of rotatable bonds is 2. The average molecular weight is 283 g/mol. The van der Waals surface area contributed by atoms with Gasteiger partial charge in [0.1, 0.15) is 4.49 Å². The lowest BCUT2D eigenvalue weighted by atomic mass is 9.79. The summed E-state index contributed by atoms with van der Waals surface area (Å²) in [6.45, 7) is 0. The van der Waals surface area contributed by atoms with Gasteiger partial charge in [-0.05, 0) is 6.42 Å². The molecule has 1 aliphatic carbocycles. The summed E-state index contributed by atoms with van der Waals surface area (Å²) in [6.07, 6.45) is 1.39. The molecule has 3 nitrogen and oxygen atoms in total. The molecule has 0 amide bonds. The molecular formula is C13H8Cl2O3. The summed E-state index contributed by atoms with van der Waals surface area (Å²) in [5.41, 5.74) is 0.455. The van der Waals surface area contributed by atoms with Crippen LogP contribution in [-0.4, -0.2) is 17.3 Å². The van der Waals surface area contributed by atoms with Gasteiger partial charge in [-0.15, -0.1) is 0 Å². The highest BCUT2D eigenvalue weighted by molar-refractivity contribution is 6.56. The Morgan fingerprint density at radius 1 is 1.06 bits per heavy atom. The quantitative estimate of drug-likeness (QED) is 0.619. The lowest BCUT2D eigenvalue weighted by Gasteiger charge is -2.19. The van der Waals surface area contributed by atoms with Crippen LogP contribution in [0.1, 0.15) is 27.1 Å². The highest BCUT2D eigenvalue weighted by Crippen LogP contribution is 2.26. The number of benzene rings is 1. The smallest absolute Gasteiger partial charge is 0.230 e. The Kier molecular flexibility index (Phi) is 3.64. The minimum absolute atomic E-state index is 0.0260. The van der Waals surface area contributed by atoms with Gasteiger partial charge in [-0.1, -0.05) is 53.5 Å². The third-order valence-electron chi connectivity index (χ3n) is 2.80. The molecule has 0 heterocycles. The van der Waals surface area contributed by atoms with Crippen molar-refractivity contribution in [3.63, 3.8) is 0 Å². The molecule has 92 valence electrons. The zero-order valence-electron chi connectivity index (χ0n) is 9.15. The molecule has 18 heavy (non-hydrogen) atoms. The van der Waals surface area contributed by atoms with E-state index in [1.807, 2.05) is 0 Å². The minimum atomic E-state index is -1.01. The van der Waals surface area contributed by atoms with Gasteiger partial charge < -0.3 is 0 Å². The van der Waals surface area contributed by atoms with E-state index in [0.29, 0.717) is 0 Å². The Morgan fingerprint density at radius 2 is 1.67 bits per heavy atom. The summed E-state index contributed by atoms with van der Waals surface area (Å²) in [5.74, 6) is -2.71. The van der Waals surface area contributed by atoms with Crippen molar-refractivity contribution in [3.8, 4) is 0 Å². The molecule has 0 saturated heterocycles. The van der Waals surface area contributed by atoms with Crippen molar-refractivity contribution in [3.05, 3.63) is 46.0 Å². The van der Waals surface area contributed by atoms with Crippen molar-refractivity contribution < 1.29 is 14.4 Å². The Labute approximate surface area is 113 Å². The van der Waals surface area contributed by atoms with Crippen LogP contribution in [-0.2, 0) is 4.79 Å². The Hall–Kier alpha value is -1.45. The number of hydrogen-bond acceptors (Lipinski definition) is 3. The summed E-state index contributed by atoms with van der Waals surface area (Å²) in [6, 6.07) is 6.30. The fourth-order valence-electron chi connectivity index (χ4n) is 1.91. The first-order chi connectivity index (χ1) is 8.52. The van der Waals surface area contributed by atoms with Crippen LogP contribution < -0.4 is 0 Å². The molecule has 0 spiro atoms. The standard InChI is InChI=1S/C13H8Cl2O3/c14-10(15)6-5-9-11(16)7-3-1-2-4-8(7)12(17)13(9)18/h1-4,6,9H,5H2. The Bertz CT molecular complexity index is 571. The van der Waals surface area contributed by atoms with Gasteiger partial charge in [0.15, 0.2) is 5.78 Å². The van der Waals surface area contributed by atoms with Gasteiger partial charge in [0.25, 0.3) is 0 Å². The van der Waals surface area contributed by atoms with Crippen LogP contribution in [0.3, 0.4) is 0 Å². The lowest BCUT2D eigenvalue weighted by Crippen LogP contribution is -2.36. The summed E-state index contributed by atoms with van der Waals surface area (Å²) >= 11 is 10.9. The molecule has 1 unspecified atom stereocenters. The summed E-state index contributed by atoms with van der Waals surface area (Å²) < 4.78 is -0.0260. The van der Waals surface area contributed by atoms with Crippen LogP contribution in [0.5, 0.6) is 0 Å². The molecule has 0 aliphatic heterocycles. The molecule has 0 N–H and O–H groups in total. The van der Waals surface area contributed by atoms with Gasteiger partial charge in [-0.2, -0.15) is 0 Å². The first kappa shape index (κ1) is 13.0. The third kappa shape index (κ3) is 2.24. The molecular weight excluding hydrogens is 275 g/mol. The van der Waals surface area contributed by atoms with Crippen molar-refractivity contribution in [1.29, 1.82) is 0 Å². The molecule has 1 atom stereocenters. The van der Waals surface area contributed by atoms with Crippen molar-refractivity contribution in [1.82, 2.24) is 0 Å². The largest absolute Gasteiger partial charge is 0.293 e. The fraction of sp³-hybridized carbons (Fsp3) is 0.154. The lowest BCUT2D eigenvalue weighted by molar-refractivity contribution is -0.117. The zero-order valence-corrected chi connectivity index (χ0v) is 10.7. The van der Waals surface area contributed by atoms with Gasteiger partial charge in [0.2, 0.25) is 11.6 Å². The normalized spacial score (nSPS) is 18.6. The minimum Gasteiger partial charge on any atom is -0.293 e. The number of halogens is 2. The third-order valence-corrected chi connectivity index (χ3v) is 3.11. The predicted molar refractivity (Wildman–Crippen MR) is 68.0 cm³/mol. The number of fused-ring (bicyclic) bond motifs is 1. The summed E-state index contributed by atoms with van der Waals surface area (Å²) in [5, 5.41) is 0. The number of Topliss-reactive ketones (excluding diaryl/α,β-unsaturated/α-hetero) is 3. The fourth-order valence-corrected chi connectivity index (χ4v) is 2.09. The van der Waals surface area contributed by atoms with Crippen molar-refractivity contribution >= 4 is 40.6 Å². The second kappa shape index (κ2) is 5.04. The van der Waals surface area contributed by atoms with Gasteiger partial charge in [0.05, 0.1) is 5.92 Å². The van der Waals surface area contributed by atoms with E-state index in [1.54, 1.807) is 18.2 Å². The van der Waals surface area contributed by atoms with E-state index in [2.05, 4.69) is 0 Å². The average Bonchev–Trinajstić information content (AvgIpc) is 2.36. The van der Waals surface area contributed by atoms with Gasteiger partial charge in [-0.3, -0.25) is 14.4 Å². The Balaban J connectivity index is 2.43. The first-order valence-electron chi connectivity index (χ1n) is 5.25. The highest BCUT2D eigenvalue weighted by atomic mass is 35.5. The van der Waals surface area contributed by atoms with Gasteiger partial charge >= 0.3 is 0 Å². The number of ketones is 3. The first-order valence-corrected chi connectivity index (χ1v) is 6.01. The molecule has 0 aromatic heterocycles. The molecule has 0 bridgehead atoms. The maximum Gasteiger partial charge on any atom is 0.230 e. The van der Waals surface area contributed by atoms with Crippen molar-refractivity contribution in [2.75, 3.05) is 0 Å². The van der Waals surface area contributed by atoms with Crippen LogP contribution in [0, 0.1) is 5.92 Å². The summed E-state index contributed by atoms with van der Waals surface area (Å²) in [4.78, 5) is 35.8. The van der Waals surface area contributed by atoms with Crippen LogP contribution in [0.4, 0.5) is 0 Å². The maximum absolute atomic E-state index is 12.1.